The van der Waals surface area contributed by atoms with Crippen molar-refractivity contribution >= 4 is 0 Å². The summed E-state index contributed by atoms with van der Waals surface area (Å²) in [5.74, 6) is 2.12. The van der Waals surface area contributed by atoms with E-state index >= 15 is 0 Å². The summed E-state index contributed by atoms with van der Waals surface area (Å²) in [6.07, 6.45) is 17.8. The Morgan fingerprint density at radius 3 is 2.34 bits per heavy atom. The van der Waals surface area contributed by atoms with Gasteiger partial charge in [-0.3, -0.25) is 0 Å². The van der Waals surface area contributed by atoms with Crippen LogP contribution in [0.4, 0.5) is 0 Å². The molecule has 4 saturated carbocycles. The molecule has 0 aromatic rings. The summed E-state index contributed by atoms with van der Waals surface area (Å²) >= 11 is 0. The Morgan fingerprint density at radius 2 is 1.72 bits per heavy atom. The molecule has 32 heavy (non-hydrogen) atoms. The van der Waals surface area contributed by atoms with Gasteiger partial charge in [0, 0.05) is 12.0 Å². The number of aliphatic hydroxyl groups is 2. The SMILES string of the molecule is CCC(CC)CCO[C@H](C)C1CCC2/C(=C/C=C3C[C@@H](O)C4(CC4)[C@H](O)C3)CCCC21C. The van der Waals surface area contributed by atoms with Crippen LogP contribution in [-0.4, -0.2) is 35.1 Å². The lowest BCUT2D eigenvalue weighted by atomic mass is 9.62. The van der Waals surface area contributed by atoms with E-state index < -0.39 is 0 Å². The van der Waals surface area contributed by atoms with Gasteiger partial charge in [-0.05, 0) is 94.3 Å². The number of allylic oxidation sites excluding steroid dienone is 3. The van der Waals surface area contributed by atoms with E-state index in [-0.39, 0.29) is 17.6 Å². The molecule has 0 aromatic heterocycles. The molecule has 182 valence electrons. The average Bonchev–Trinajstić information content (AvgIpc) is 3.50. The van der Waals surface area contributed by atoms with Gasteiger partial charge in [0.15, 0.2) is 0 Å². The zero-order chi connectivity index (χ0) is 22.9. The minimum Gasteiger partial charge on any atom is -0.392 e. The highest BCUT2D eigenvalue weighted by Gasteiger charge is 2.56. The Bertz CT molecular complexity index is 685. The first kappa shape index (κ1) is 24.5. The van der Waals surface area contributed by atoms with E-state index in [1.54, 1.807) is 5.57 Å². The second-order valence-electron chi connectivity index (χ2n) is 11.9. The van der Waals surface area contributed by atoms with Crippen LogP contribution in [0.5, 0.6) is 0 Å². The molecular formula is C29H48O3. The third-order valence-corrected chi connectivity index (χ3v) is 10.3. The molecule has 0 heterocycles. The van der Waals surface area contributed by atoms with Crippen molar-refractivity contribution in [2.24, 2.45) is 28.6 Å². The zero-order valence-electron chi connectivity index (χ0n) is 21.1. The molecule has 3 nitrogen and oxygen atoms in total. The maximum absolute atomic E-state index is 10.6. The van der Waals surface area contributed by atoms with Crippen LogP contribution in [0.15, 0.2) is 23.3 Å². The Balaban J connectivity index is 1.39. The quantitative estimate of drug-likeness (QED) is 0.444. The first-order valence-corrected chi connectivity index (χ1v) is 13.7. The highest BCUT2D eigenvalue weighted by Crippen LogP contribution is 2.59. The largest absolute Gasteiger partial charge is 0.392 e. The predicted molar refractivity (Wildman–Crippen MR) is 131 cm³/mol. The van der Waals surface area contributed by atoms with Gasteiger partial charge in [-0.1, -0.05) is 56.9 Å². The molecule has 0 aliphatic heterocycles. The van der Waals surface area contributed by atoms with Gasteiger partial charge in [-0.25, -0.2) is 0 Å². The number of ether oxygens (including phenoxy) is 1. The monoisotopic (exact) mass is 444 g/mol. The summed E-state index contributed by atoms with van der Waals surface area (Å²) in [5, 5.41) is 21.1. The maximum Gasteiger partial charge on any atom is 0.0658 e. The lowest BCUT2D eigenvalue weighted by Gasteiger charge is -2.44. The Hall–Kier alpha value is -0.640. The summed E-state index contributed by atoms with van der Waals surface area (Å²) in [4.78, 5) is 0. The van der Waals surface area contributed by atoms with Crippen LogP contribution in [0.3, 0.4) is 0 Å². The minimum atomic E-state index is -0.360. The van der Waals surface area contributed by atoms with Crippen LogP contribution in [0.25, 0.3) is 0 Å². The minimum absolute atomic E-state index is 0.170. The van der Waals surface area contributed by atoms with Gasteiger partial charge in [-0.15, -0.1) is 0 Å². The van der Waals surface area contributed by atoms with Crippen LogP contribution < -0.4 is 0 Å². The molecular weight excluding hydrogens is 396 g/mol. The Morgan fingerprint density at radius 1 is 1.03 bits per heavy atom. The molecule has 0 aromatic carbocycles. The standard InChI is InChI=1S/C29H48O3/c1-5-21(6-2)13-17-32-20(3)24-11-12-25-23(8-7-14-28(24,25)4)10-9-22-18-26(30)29(15-16-29)27(31)19-22/h9-10,20-21,24-27,30-31H,5-8,11-19H2,1-4H3/b23-10+/t20-,24?,25?,26-,27-,28?/m1/s1. The van der Waals surface area contributed by atoms with Crippen LogP contribution in [0.1, 0.15) is 105 Å². The molecule has 2 N–H and O–H groups in total. The third-order valence-electron chi connectivity index (χ3n) is 10.3. The van der Waals surface area contributed by atoms with E-state index in [2.05, 4.69) is 39.8 Å². The molecule has 1 spiro atoms. The normalized spacial score (nSPS) is 38.3. The number of hydrogen-bond acceptors (Lipinski definition) is 3. The van der Waals surface area contributed by atoms with E-state index in [0.29, 0.717) is 23.4 Å². The van der Waals surface area contributed by atoms with Crippen molar-refractivity contribution in [3.8, 4) is 0 Å². The third kappa shape index (κ3) is 4.64. The summed E-state index contributed by atoms with van der Waals surface area (Å²) < 4.78 is 6.43. The first-order valence-electron chi connectivity index (χ1n) is 13.7. The maximum atomic E-state index is 10.6. The number of rotatable bonds is 8. The second kappa shape index (κ2) is 9.92. The van der Waals surface area contributed by atoms with Crippen LogP contribution >= 0.6 is 0 Å². The van der Waals surface area contributed by atoms with E-state index in [0.717, 1.165) is 38.2 Å². The molecule has 0 bridgehead atoms. The van der Waals surface area contributed by atoms with Gasteiger partial charge in [0.25, 0.3) is 0 Å². The highest BCUT2D eigenvalue weighted by molar-refractivity contribution is 5.28. The predicted octanol–water partition coefficient (Wildman–Crippen LogP) is 6.58. The lowest BCUT2D eigenvalue weighted by Crippen LogP contribution is -2.39. The highest BCUT2D eigenvalue weighted by atomic mass is 16.5. The molecule has 0 radical (unpaired) electrons. The summed E-state index contributed by atoms with van der Waals surface area (Å²) in [7, 11) is 0. The van der Waals surface area contributed by atoms with Gasteiger partial charge < -0.3 is 14.9 Å². The van der Waals surface area contributed by atoms with Crippen molar-refractivity contribution in [3.63, 3.8) is 0 Å². The number of hydrogen-bond donors (Lipinski definition) is 2. The van der Waals surface area contributed by atoms with Gasteiger partial charge >= 0.3 is 0 Å². The van der Waals surface area contributed by atoms with E-state index in [1.807, 2.05) is 0 Å². The fraction of sp³-hybridized carbons (Fsp3) is 0.862. The van der Waals surface area contributed by atoms with E-state index in [9.17, 15) is 10.2 Å². The smallest absolute Gasteiger partial charge is 0.0658 e. The van der Waals surface area contributed by atoms with Crippen molar-refractivity contribution < 1.29 is 14.9 Å². The second-order valence-corrected chi connectivity index (χ2v) is 11.9. The zero-order valence-corrected chi connectivity index (χ0v) is 21.1. The molecule has 4 aliphatic carbocycles. The molecule has 4 fully saturated rings. The van der Waals surface area contributed by atoms with Crippen LogP contribution in [0, 0.1) is 28.6 Å². The molecule has 4 rings (SSSR count). The molecule has 6 atom stereocenters. The van der Waals surface area contributed by atoms with Crippen molar-refractivity contribution in [2.75, 3.05) is 6.61 Å². The molecule has 0 amide bonds. The summed E-state index contributed by atoms with van der Waals surface area (Å²) in [6, 6.07) is 0. The van der Waals surface area contributed by atoms with E-state index in [4.69, 9.17) is 4.74 Å². The van der Waals surface area contributed by atoms with Crippen molar-refractivity contribution in [1.82, 2.24) is 0 Å². The van der Waals surface area contributed by atoms with Gasteiger partial charge in [0.2, 0.25) is 0 Å². The fourth-order valence-electron chi connectivity index (χ4n) is 7.66. The van der Waals surface area contributed by atoms with Crippen LogP contribution in [0.2, 0.25) is 0 Å². The van der Waals surface area contributed by atoms with Gasteiger partial charge in [-0.2, -0.15) is 0 Å². The number of fused-ring (bicyclic) bond motifs is 1. The summed E-state index contributed by atoms with van der Waals surface area (Å²) in [6.45, 7) is 10.4. The lowest BCUT2D eigenvalue weighted by molar-refractivity contribution is -0.0291. The Kier molecular flexibility index (Phi) is 7.59. The van der Waals surface area contributed by atoms with Gasteiger partial charge in [0.1, 0.15) is 0 Å². The van der Waals surface area contributed by atoms with Crippen LogP contribution in [-0.2, 0) is 4.74 Å². The number of aliphatic hydroxyl groups excluding tert-OH is 2. The van der Waals surface area contributed by atoms with Gasteiger partial charge in [0.05, 0.1) is 18.3 Å². The molecule has 3 unspecified atom stereocenters. The van der Waals surface area contributed by atoms with Crippen molar-refractivity contribution in [2.45, 2.75) is 123 Å². The molecule has 0 saturated heterocycles. The van der Waals surface area contributed by atoms with E-state index in [1.165, 1.54) is 56.9 Å². The average molecular weight is 445 g/mol. The molecule has 4 aliphatic rings. The summed E-state index contributed by atoms with van der Waals surface area (Å²) in [5.41, 5.74) is 3.01. The first-order chi connectivity index (χ1) is 15.3. The Labute approximate surface area is 196 Å². The van der Waals surface area contributed by atoms with Crippen molar-refractivity contribution in [3.05, 3.63) is 23.3 Å². The molecule has 3 heteroatoms. The topological polar surface area (TPSA) is 49.7 Å². The fourth-order valence-corrected chi connectivity index (χ4v) is 7.66. The van der Waals surface area contributed by atoms with Crippen molar-refractivity contribution in [1.29, 1.82) is 0 Å².